The third-order valence-corrected chi connectivity index (χ3v) is 3.73. The van der Waals surface area contributed by atoms with Crippen molar-refractivity contribution in [3.63, 3.8) is 0 Å². The van der Waals surface area contributed by atoms with Crippen molar-refractivity contribution in [2.24, 2.45) is 0 Å². The van der Waals surface area contributed by atoms with Gasteiger partial charge in [-0.15, -0.1) is 0 Å². The molecule has 0 bridgehead atoms. The minimum atomic E-state index is -0.979. The Hall–Kier alpha value is -2.79. The fourth-order valence-corrected chi connectivity index (χ4v) is 2.61. The number of hydrogen-bond acceptors (Lipinski definition) is 4. The summed E-state index contributed by atoms with van der Waals surface area (Å²) < 4.78 is 5.31. The number of nitrogens with one attached hydrogen (secondary N) is 1. The first-order valence-electron chi connectivity index (χ1n) is 6.81. The summed E-state index contributed by atoms with van der Waals surface area (Å²) in [6.45, 7) is 0. The van der Waals surface area contributed by atoms with Crippen molar-refractivity contribution >= 4 is 39.8 Å². The van der Waals surface area contributed by atoms with Crippen LogP contribution in [0, 0.1) is 0 Å². The largest absolute Gasteiger partial charge is 0.494 e. The molecule has 1 heterocycles. The molecule has 0 saturated carbocycles. The Kier molecular flexibility index (Phi) is 4.04. The molecule has 0 saturated heterocycles. The lowest BCUT2D eigenvalue weighted by Gasteiger charge is -2.13. The molecule has 116 valence electrons. The van der Waals surface area contributed by atoms with Gasteiger partial charge in [0.2, 0.25) is 0 Å². The van der Waals surface area contributed by atoms with E-state index in [0.717, 1.165) is 5.69 Å². The second kappa shape index (κ2) is 6.14. The van der Waals surface area contributed by atoms with E-state index in [1.807, 2.05) is 0 Å². The molecule has 2 N–H and O–H groups in total. The molecule has 0 atom stereocenters. The Morgan fingerprint density at radius 2 is 2.09 bits per heavy atom. The van der Waals surface area contributed by atoms with E-state index in [0.29, 0.717) is 27.4 Å². The average Bonchev–Trinajstić information content (AvgIpc) is 2.55. The summed E-state index contributed by atoms with van der Waals surface area (Å²) >= 11 is 6.31. The molecule has 0 radical (unpaired) electrons. The number of rotatable bonds is 4. The van der Waals surface area contributed by atoms with Gasteiger partial charge in [0.1, 0.15) is 11.3 Å². The molecule has 0 amide bonds. The van der Waals surface area contributed by atoms with Gasteiger partial charge in [-0.1, -0.05) is 17.7 Å². The predicted octanol–water partition coefficient (Wildman–Crippen LogP) is 4.34. The van der Waals surface area contributed by atoms with Gasteiger partial charge in [0, 0.05) is 17.3 Å². The van der Waals surface area contributed by atoms with Gasteiger partial charge < -0.3 is 15.2 Å². The van der Waals surface area contributed by atoms with Gasteiger partial charge in [-0.3, -0.25) is 4.98 Å². The summed E-state index contributed by atoms with van der Waals surface area (Å²) in [6, 6.07) is 11.8. The van der Waals surface area contributed by atoms with Crippen molar-refractivity contribution < 1.29 is 14.6 Å². The fourth-order valence-electron chi connectivity index (χ4n) is 2.36. The number of halogens is 1. The van der Waals surface area contributed by atoms with Gasteiger partial charge in [-0.25, -0.2) is 4.79 Å². The Morgan fingerprint density at radius 1 is 1.26 bits per heavy atom. The van der Waals surface area contributed by atoms with Crippen LogP contribution in [-0.4, -0.2) is 23.2 Å². The van der Waals surface area contributed by atoms with Crippen LogP contribution in [0.15, 0.2) is 48.7 Å². The lowest BCUT2D eigenvalue weighted by molar-refractivity contribution is 0.0697. The molecule has 0 spiro atoms. The number of pyridine rings is 1. The van der Waals surface area contributed by atoms with Crippen LogP contribution in [0.3, 0.4) is 0 Å². The Bertz CT molecular complexity index is 896. The molecular formula is C17H13ClN2O3. The molecule has 0 unspecified atom stereocenters. The fraction of sp³-hybridized carbons (Fsp3) is 0.0588. The highest BCUT2D eigenvalue weighted by Gasteiger charge is 2.12. The van der Waals surface area contributed by atoms with Crippen molar-refractivity contribution in [3.8, 4) is 5.75 Å². The number of ether oxygens (including phenoxy) is 1. The maximum Gasteiger partial charge on any atom is 0.335 e. The molecular weight excluding hydrogens is 316 g/mol. The van der Waals surface area contributed by atoms with Crippen LogP contribution in [0.4, 0.5) is 11.4 Å². The van der Waals surface area contributed by atoms with Crippen LogP contribution in [0.2, 0.25) is 5.02 Å². The number of carbonyl (C=O) groups is 1. The first-order chi connectivity index (χ1) is 11.1. The summed E-state index contributed by atoms with van der Waals surface area (Å²) in [7, 11) is 1.57. The van der Waals surface area contributed by atoms with E-state index in [1.165, 1.54) is 6.07 Å². The van der Waals surface area contributed by atoms with E-state index in [9.17, 15) is 4.79 Å². The summed E-state index contributed by atoms with van der Waals surface area (Å²) in [6.07, 6.45) is 1.64. The zero-order chi connectivity index (χ0) is 16.4. The van der Waals surface area contributed by atoms with E-state index in [-0.39, 0.29) is 5.56 Å². The Balaban J connectivity index is 2.10. The van der Waals surface area contributed by atoms with Crippen LogP contribution >= 0.6 is 11.6 Å². The number of methoxy groups -OCH3 is 1. The summed E-state index contributed by atoms with van der Waals surface area (Å²) in [5.41, 5.74) is 2.22. The number of aromatic carboxylic acids is 1. The molecule has 0 fully saturated rings. The highest BCUT2D eigenvalue weighted by atomic mass is 35.5. The van der Waals surface area contributed by atoms with Gasteiger partial charge in [0.25, 0.3) is 0 Å². The highest BCUT2D eigenvalue weighted by molar-refractivity contribution is 6.36. The van der Waals surface area contributed by atoms with Crippen molar-refractivity contribution in [3.05, 3.63) is 59.2 Å². The molecule has 23 heavy (non-hydrogen) atoms. The first-order valence-corrected chi connectivity index (χ1v) is 7.19. The Morgan fingerprint density at radius 3 is 2.83 bits per heavy atom. The lowest BCUT2D eigenvalue weighted by Crippen LogP contribution is -1.99. The van der Waals surface area contributed by atoms with Gasteiger partial charge in [-0.05, 0) is 36.4 Å². The summed E-state index contributed by atoms with van der Waals surface area (Å²) in [4.78, 5) is 15.4. The number of aromatic nitrogens is 1. The predicted molar refractivity (Wildman–Crippen MR) is 90.0 cm³/mol. The minimum Gasteiger partial charge on any atom is -0.494 e. The molecule has 3 aromatic rings. The van der Waals surface area contributed by atoms with Gasteiger partial charge >= 0.3 is 5.97 Å². The SMILES string of the molecule is COc1ccc(Cl)c2c(Nc3cccc(C(=O)O)c3)ccnc12. The molecule has 2 aromatic carbocycles. The van der Waals surface area contributed by atoms with E-state index >= 15 is 0 Å². The Labute approximate surface area is 137 Å². The smallest absolute Gasteiger partial charge is 0.335 e. The van der Waals surface area contributed by atoms with Crippen molar-refractivity contribution in [1.82, 2.24) is 4.98 Å². The second-order valence-electron chi connectivity index (χ2n) is 4.84. The van der Waals surface area contributed by atoms with E-state index in [1.54, 1.807) is 49.7 Å². The molecule has 1 aromatic heterocycles. The topological polar surface area (TPSA) is 71.5 Å². The summed E-state index contributed by atoms with van der Waals surface area (Å²) in [5.74, 6) is -0.361. The van der Waals surface area contributed by atoms with Crippen molar-refractivity contribution in [1.29, 1.82) is 0 Å². The van der Waals surface area contributed by atoms with Crippen LogP contribution in [0.1, 0.15) is 10.4 Å². The number of hydrogen-bond donors (Lipinski definition) is 2. The third-order valence-electron chi connectivity index (χ3n) is 3.41. The molecule has 0 aliphatic heterocycles. The molecule has 0 aliphatic rings. The number of nitrogens with zero attached hydrogens (tertiary/aromatic N) is 1. The standard InChI is InChI=1S/C17H13ClN2O3/c1-23-14-6-5-12(18)15-13(7-8-19-16(14)15)20-11-4-2-3-10(9-11)17(21)22/h2-9H,1H3,(H,19,20)(H,21,22). The normalized spacial score (nSPS) is 10.5. The van der Waals surface area contributed by atoms with Crippen LogP contribution in [0.5, 0.6) is 5.75 Å². The van der Waals surface area contributed by atoms with E-state index < -0.39 is 5.97 Å². The number of benzene rings is 2. The van der Waals surface area contributed by atoms with E-state index in [4.69, 9.17) is 21.4 Å². The average molecular weight is 329 g/mol. The lowest BCUT2D eigenvalue weighted by atomic mass is 10.1. The monoisotopic (exact) mass is 328 g/mol. The second-order valence-corrected chi connectivity index (χ2v) is 5.25. The number of fused-ring (bicyclic) bond motifs is 1. The minimum absolute atomic E-state index is 0.206. The van der Waals surface area contributed by atoms with E-state index in [2.05, 4.69) is 10.3 Å². The number of anilines is 2. The van der Waals surface area contributed by atoms with Crippen LogP contribution in [-0.2, 0) is 0 Å². The maximum absolute atomic E-state index is 11.1. The molecule has 0 aliphatic carbocycles. The van der Waals surface area contributed by atoms with Gasteiger partial charge in [0.15, 0.2) is 0 Å². The highest BCUT2D eigenvalue weighted by Crippen LogP contribution is 2.36. The quantitative estimate of drug-likeness (QED) is 0.745. The number of carboxylic acids is 1. The van der Waals surface area contributed by atoms with Crippen LogP contribution in [0.25, 0.3) is 10.9 Å². The van der Waals surface area contributed by atoms with Crippen molar-refractivity contribution in [2.75, 3.05) is 12.4 Å². The van der Waals surface area contributed by atoms with Gasteiger partial charge in [-0.2, -0.15) is 0 Å². The number of carboxylic acid groups (broad SMARTS) is 1. The first kappa shape index (κ1) is 15.1. The zero-order valence-electron chi connectivity index (χ0n) is 12.2. The zero-order valence-corrected chi connectivity index (χ0v) is 13.0. The molecule has 6 heteroatoms. The molecule has 3 rings (SSSR count). The molecule has 5 nitrogen and oxygen atoms in total. The van der Waals surface area contributed by atoms with Gasteiger partial charge in [0.05, 0.1) is 23.4 Å². The van der Waals surface area contributed by atoms with Crippen LogP contribution < -0.4 is 10.1 Å². The third kappa shape index (κ3) is 2.91. The van der Waals surface area contributed by atoms with Crippen molar-refractivity contribution in [2.45, 2.75) is 0 Å². The summed E-state index contributed by atoms with van der Waals surface area (Å²) in [5, 5.41) is 13.5. The maximum atomic E-state index is 11.1.